The van der Waals surface area contributed by atoms with E-state index in [-0.39, 0.29) is 5.84 Å². The fourth-order valence-corrected chi connectivity index (χ4v) is 1.86. The predicted molar refractivity (Wildman–Crippen MR) is 62.9 cm³/mol. The normalized spacial score (nSPS) is 20.1. The molecule has 0 saturated carbocycles. The Kier molecular flexibility index (Phi) is 3.05. The van der Waals surface area contributed by atoms with Crippen molar-refractivity contribution < 1.29 is 4.74 Å². The molecular formula is C11H16N4O. The third kappa shape index (κ3) is 2.14. The number of nitrogen functional groups attached to an aromatic ring is 1. The first-order chi connectivity index (χ1) is 7.70. The molecule has 0 aromatic carbocycles. The molecule has 1 fully saturated rings. The average molecular weight is 220 g/mol. The number of nitrogens with one attached hydrogen (secondary N) is 1. The van der Waals surface area contributed by atoms with Gasteiger partial charge in [0.1, 0.15) is 11.7 Å². The van der Waals surface area contributed by atoms with Crippen molar-refractivity contribution in [1.82, 2.24) is 4.98 Å². The van der Waals surface area contributed by atoms with Crippen LogP contribution in [0.4, 0.5) is 5.82 Å². The molecule has 5 nitrogen and oxygen atoms in total. The van der Waals surface area contributed by atoms with Crippen LogP contribution < -0.4 is 10.6 Å². The third-order valence-electron chi connectivity index (χ3n) is 2.86. The third-order valence-corrected chi connectivity index (χ3v) is 2.86. The Morgan fingerprint density at radius 2 is 2.44 bits per heavy atom. The lowest BCUT2D eigenvalue weighted by Gasteiger charge is -2.17. The van der Waals surface area contributed by atoms with Gasteiger partial charge in [-0.2, -0.15) is 0 Å². The van der Waals surface area contributed by atoms with E-state index in [0.29, 0.717) is 11.7 Å². The second kappa shape index (κ2) is 4.49. The molecule has 1 aliphatic heterocycles. The largest absolute Gasteiger partial charge is 0.384 e. The highest BCUT2D eigenvalue weighted by Gasteiger charge is 2.22. The van der Waals surface area contributed by atoms with E-state index in [2.05, 4.69) is 9.88 Å². The van der Waals surface area contributed by atoms with Gasteiger partial charge in [0.2, 0.25) is 0 Å². The number of hydrogen-bond donors (Lipinski definition) is 2. The maximum Gasteiger partial charge on any atom is 0.128 e. The Labute approximate surface area is 94.7 Å². The van der Waals surface area contributed by atoms with E-state index in [0.717, 1.165) is 25.3 Å². The second-order valence-corrected chi connectivity index (χ2v) is 3.91. The Hall–Kier alpha value is -1.62. The minimum atomic E-state index is 0.0511. The van der Waals surface area contributed by atoms with Crippen LogP contribution in [0.2, 0.25) is 0 Å². The van der Waals surface area contributed by atoms with Crippen molar-refractivity contribution in [3.63, 3.8) is 0 Å². The van der Waals surface area contributed by atoms with Crippen LogP contribution in [-0.4, -0.2) is 37.1 Å². The summed E-state index contributed by atoms with van der Waals surface area (Å²) in [6.45, 7) is 1.84. The van der Waals surface area contributed by atoms with Crippen LogP contribution in [-0.2, 0) is 4.74 Å². The number of pyridine rings is 1. The zero-order chi connectivity index (χ0) is 11.5. The number of nitrogens with two attached hydrogens (primary N) is 1. The number of ether oxygens (including phenoxy) is 1. The van der Waals surface area contributed by atoms with E-state index in [4.69, 9.17) is 15.9 Å². The van der Waals surface area contributed by atoms with Crippen molar-refractivity contribution in [3.8, 4) is 0 Å². The molecule has 16 heavy (non-hydrogen) atoms. The van der Waals surface area contributed by atoms with Crippen LogP contribution in [0, 0.1) is 5.41 Å². The minimum absolute atomic E-state index is 0.0511. The molecule has 1 aliphatic rings. The Bertz CT molecular complexity index is 376. The van der Waals surface area contributed by atoms with Gasteiger partial charge in [-0.15, -0.1) is 0 Å². The number of anilines is 1. The van der Waals surface area contributed by atoms with Gasteiger partial charge in [-0.05, 0) is 18.6 Å². The van der Waals surface area contributed by atoms with Crippen molar-refractivity contribution in [1.29, 1.82) is 5.41 Å². The summed E-state index contributed by atoms with van der Waals surface area (Å²) in [6, 6.07) is 3.72. The Morgan fingerprint density at radius 3 is 2.94 bits per heavy atom. The van der Waals surface area contributed by atoms with E-state index >= 15 is 0 Å². The van der Waals surface area contributed by atoms with Gasteiger partial charge in [-0.1, -0.05) is 0 Å². The molecule has 0 bridgehead atoms. The molecule has 1 aromatic heterocycles. The maximum absolute atomic E-state index is 7.28. The van der Waals surface area contributed by atoms with E-state index in [1.807, 2.05) is 12.1 Å². The summed E-state index contributed by atoms with van der Waals surface area (Å²) >= 11 is 0. The quantitative estimate of drug-likeness (QED) is 0.577. The second-order valence-electron chi connectivity index (χ2n) is 3.91. The van der Waals surface area contributed by atoms with Crippen molar-refractivity contribution in [2.45, 2.75) is 12.5 Å². The topological polar surface area (TPSA) is 75.2 Å². The predicted octanol–water partition coefficient (Wildman–Crippen LogP) is 0.591. The van der Waals surface area contributed by atoms with E-state index < -0.39 is 0 Å². The summed E-state index contributed by atoms with van der Waals surface area (Å²) in [5.74, 6) is 0.972. The zero-order valence-corrected chi connectivity index (χ0v) is 9.31. The standard InChI is InChI=1S/C11H16N4O/c1-16-9-4-5-15(7-9)10-3-2-8(6-14-10)11(12)13/h2-3,6,9H,4-5,7H2,1H3,(H3,12,13). The number of aromatic nitrogens is 1. The lowest BCUT2D eigenvalue weighted by Crippen LogP contribution is -2.23. The van der Waals surface area contributed by atoms with Gasteiger partial charge in [0, 0.05) is 32.0 Å². The SMILES string of the molecule is COC1CCN(c2ccc(C(=N)N)cn2)C1. The van der Waals surface area contributed by atoms with Crippen molar-refractivity contribution in [2.75, 3.05) is 25.1 Å². The summed E-state index contributed by atoms with van der Waals surface area (Å²) in [5.41, 5.74) is 6.03. The highest BCUT2D eigenvalue weighted by atomic mass is 16.5. The fourth-order valence-electron chi connectivity index (χ4n) is 1.86. The zero-order valence-electron chi connectivity index (χ0n) is 9.31. The number of methoxy groups -OCH3 is 1. The molecule has 3 N–H and O–H groups in total. The first-order valence-corrected chi connectivity index (χ1v) is 5.29. The smallest absolute Gasteiger partial charge is 0.128 e. The Balaban J connectivity index is 2.08. The molecule has 86 valence electrons. The van der Waals surface area contributed by atoms with Crippen LogP contribution in [0.1, 0.15) is 12.0 Å². The van der Waals surface area contributed by atoms with Crippen LogP contribution >= 0.6 is 0 Å². The molecule has 1 unspecified atom stereocenters. The molecule has 0 radical (unpaired) electrons. The van der Waals surface area contributed by atoms with Crippen LogP contribution in [0.5, 0.6) is 0 Å². The first kappa shape index (κ1) is 10.9. The lowest BCUT2D eigenvalue weighted by atomic mass is 10.2. The average Bonchev–Trinajstić information content (AvgIpc) is 2.77. The monoisotopic (exact) mass is 220 g/mol. The highest BCUT2D eigenvalue weighted by Crippen LogP contribution is 2.19. The lowest BCUT2D eigenvalue weighted by molar-refractivity contribution is 0.121. The van der Waals surface area contributed by atoms with Gasteiger partial charge in [-0.25, -0.2) is 4.98 Å². The van der Waals surface area contributed by atoms with Gasteiger partial charge in [-0.3, -0.25) is 5.41 Å². The first-order valence-electron chi connectivity index (χ1n) is 5.29. The van der Waals surface area contributed by atoms with Gasteiger partial charge in [0.15, 0.2) is 0 Å². The van der Waals surface area contributed by atoms with Crippen molar-refractivity contribution in [2.24, 2.45) is 5.73 Å². The van der Waals surface area contributed by atoms with Gasteiger partial charge in [0.25, 0.3) is 0 Å². The molecule has 1 saturated heterocycles. The minimum Gasteiger partial charge on any atom is -0.384 e. The molecule has 5 heteroatoms. The molecule has 1 atom stereocenters. The fraction of sp³-hybridized carbons (Fsp3) is 0.455. The van der Waals surface area contributed by atoms with Crippen LogP contribution in [0.15, 0.2) is 18.3 Å². The van der Waals surface area contributed by atoms with Gasteiger partial charge < -0.3 is 15.4 Å². The summed E-state index contributed by atoms with van der Waals surface area (Å²) in [5, 5.41) is 7.28. The van der Waals surface area contributed by atoms with E-state index in [1.165, 1.54) is 0 Å². The molecular weight excluding hydrogens is 204 g/mol. The van der Waals surface area contributed by atoms with Crippen LogP contribution in [0.3, 0.4) is 0 Å². The summed E-state index contributed by atoms with van der Waals surface area (Å²) < 4.78 is 5.30. The van der Waals surface area contributed by atoms with Crippen molar-refractivity contribution in [3.05, 3.63) is 23.9 Å². The molecule has 0 aliphatic carbocycles. The van der Waals surface area contributed by atoms with Crippen LogP contribution in [0.25, 0.3) is 0 Å². The number of amidine groups is 1. The highest BCUT2D eigenvalue weighted by molar-refractivity contribution is 5.94. The number of hydrogen-bond acceptors (Lipinski definition) is 4. The molecule has 0 spiro atoms. The van der Waals surface area contributed by atoms with E-state index in [9.17, 15) is 0 Å². The Morgan fingerprint density at radius 1 is 1.62 bits per heavy atom. The van der Waals surface area contributed by atoms with Gasteiger partial charge >= 0.3 is 0 Å². The molecule has 1 aromatic rings. The van der Waals surface area contributed by atoms with Gasteiger partial charge in [0.05, 0.1) is 6.10 Å². The number of rotatable bonds is 3. The summed E-state index contributed by atoms with van der Waals surface area (Å²) in [6.07, 6.45) is 2.97. The summed E-state index contributed by atoms with van der Waals surface area (Å²) in [7, 11) is 1.74. The molecule has 0 amide bonds. The summed E-state index contributed by atoms with van der Waals surface area (Å²) in [4.78, 5) is 6.48. The maximum atomic E-state index is 7.28. The van der Waals surface area contributed by atoms with Crippen molar-refractivity contribution >= 4 is 11.7 Å². The molecule has 2 heterocycles. The molecule has 2 rings (SSSR count). The van der Waals surface area contributed by atoms with E-state index in [1.54, 1.807) is 13.3 Å². The number of nitrogens with zero attached hydrogens (tertiary/aromatic N) is 2.